The monoisotopic (exact) mass is 404 g/mol. The van der Waals surface area contributed by atoms with Crippen molar-refractivity contribution >= 4 is 16.0 Å². The van der Waals surface area contributed by atoms with Gasteiger partial charge in [-0.3, -0.25) is 4.98 Å². The molecule has 0 N–H and O–H groups in total. The van der Waals surface area contributed by atoms with Gasteiger partial charge >= 0.3 is 5.97 Å². The summed E-state index contributed by atoms with van der Waals surface area (Å²) in [7, 11) is -3.77. The zero-order valence-corrected chi connectivity index (χ0v) is 16.6. The summed E-state index contributed by atoms with van der Waals surface area (Å²) < 4.78 is 38.5. The Morgan fingerprint density at radius 2 is 2.07 bits per heavy atom. The number of ether oxygens (including phenoxy) is 2. The Bertz CT molecular complexity index is 879. The van der Waals surface area contributed by atoms with Crippen molar-refractivity contribution in [2.45, 2.75) is 37.3 Å². The molecule has 1 aromatic heterocycles. The molecule has 1 unspecified atom stereocenters. The number of aromatic nitrogens is 1. The Hall–Kier alpha value is -2.29. The summed E-state index contributed by atoms with van der Waals surface area (Å²) in [5.74, 6) is -0.474. The van der Waals surface area contributed by atoms with Gasteiger partial charge in [0.05, 0.1) is 23.2 Å². The molecule has 28 heavy (non-hydrogen) atoms. The third-order valence-corrected chi connectivity index (χ3v) is 6.34. The summed E-state index contributed by atoms with van der Waals surface area (Å²) in [6.45, 7) is 3.11. The molecule has 1 aliphatic rings. The largest absolute Gasteiger partial charge is 0.462 e. The molecule has 2 aromatic rings. The van der Waals surface area contributed by atoms with Crippen LogP contribution in [0.3, 0.4) is 0 Å². The van der Waals surface area contributed by atoms with Crippen LogP contribution >= 0.6 is 0 Å². The number of hydrogen-bond donors (Lipinski definition) is 0. The molecule has 0 bridgehead atoms. The highest BCUT2D eigenvalue weighted by Crippen LogP contribution is 2.22. The first-order valence-corrected chi connectivity index (χ1v) is 10.7. The number of carbonyl (C=O) groups excluding carboxylic acids is 1. The first-order chi connectivity index (χ1) is 13.5. The van der Waals surface area contributed by atoms with Crippen molar-refractivity contribution in [3.05, 3.63) is 59.9 Å². The Labute approximate surface area is 165 Å². The van der Waals surface area contributed by atoms with E-state index in [0.29, 0.717) is 12.2 Å². The fourth-order valence-corrected chi connectivity index (χ4v) is 4.54. The van der Waals surface area contributed by atoms with Gasteiger partial charge in [-0.15, -0.1) is 0 Å². The van der Waals surface area contributed by atoms with Gasteiger partial charge in [-0.05, 0) is 55.7 Å². The summed E-state index contributed by atoms with van der Waals surface area (Å²) in [6.07, 6.45) is 4.95. The topological polar surface area (TPSA) is 85.8 Å². The second-order valence-corrected chi connectivity index (χ2v) is 8.48. The van der Waals surface area contributed by atoms with Crippen LogP contribution in [0.15, 0.2) is 53.7 Å². The average molecular weight is 404 g/mol. The second-order valence-electron chi connectivity index (χ2n) is 6.54. The van der Waals surface area contributed by atoms with Gasteiger partial charge in [0.2, 0.25) is 10.0 Å². The van der Waals surface area contributed by atoms with Crippen molar-refractivity contribution in [3.8, 4) is 0 Å². The lowest BCUT2D eigenvalue weighted by atomic mass is 10.2. The first kappa shape index (κ1) is 20.4. The van der Waals surface area contributed by atoms with E-state index in [1.807, 2.05) is 6.07 Å². The highest BCUT2D eigenvalue weighted by atomic mass is 32.2. The van der Waals surface area contributed by atoms with Gasteiger partial charge in [-0.25, -0.2) is 13.2 Å². The number of pyridine rings is 1. The van der Waals surface area contributed by atoms with Crippen molar-refractivity contribution in [1.82, 2.24) is 9.29 Å². The molecular formula is C20H24N2O5S. The lowest BCUT2D eigenvalue weighted by Crippen LogP contribution is -2.37. The molecular weight excluding hydrogens is 380 g/mol. The molecule has 0 saturated carbocycles. The smallest absolute Gasteiger partial charge is 0.338 e. The van der Waals surface area contributed by atoms with Crippen LogP contribution in [-0.4, -0.2) is 49.5 Å². The molecule has 2 heterocycles. The van der Waals surface area contributed by atoms with E-state index in [0.717, 1.165) is 18.4 Å². The van der Waals surface area contributed by atoms with Crippen LogP contribution in [0.5, 0.6) is 0 Å². The van der Waals surface area contributed by atoms with Gasteiger partial charge in [-0.2, -0.15) is 4.31 Å². The first-order valence-electron chi connectivity index (χ1n) is 9.28. The van der Waals surface area contributed by atoms with Crippen LogP contribution in [0.4, 0.5) is 0 Å². The molecule has 1 saturated heterocycles. The van der Waals surface area contributed by atoms with Crippen molar-refractivity contribution in [2.24, 2.45) is 0 Å². The molecule has 1 atom stereocenters. The van der Waals surface area contributed by atoms with Crippen LogP contribution in [0.1, 0.15) is 35.7 Å². The van der Waals surface area contributed by atoms with E-state index < -0.39 is 16.0 Å². The van der Waals surface area contributed by atoms with Crippen LogP contribution in [0.25, 0.3) is 0 Å². The maximum atomic E-state index is 13.3. The SMILES string of the molecule is CCOC(=O)c1ccc(S(=O)(=O)N(Cc2cccnc2)CC2CCCO2)cc1. The average Bonchev–Trinajstić information content (AvgIpc) is 3.22. The Morgan fingerprint density at radius 1 is 1.29 bits per heavy atom. The van der Waals surface area contributed by atoms with Crippen LogP contribution in [-0.2, 0) is 26.0 Å². The van der Waals surface area contributed by atoms with Gasteiger partial charge < -0.3 is 9.47 Å². The minimum Gasteiger partial charge on any atom is -0.462 e. The van der Waals surface area contributed by atoms with Crippen LogP contribution in [0.2, 0.25) is 0 Å². The van der Waals surface area contributed by atoms with Gasteiger partial charge in [0, 0.05) is 32.1 Å². The van der Waals surface area contributed by atoms with Gasteiger partial charge in [0.15, 0.2) is 0 Å². The maximum Gasteiger partial charge on any atom is 0.338 e. The number of nitrogens with zero attached hydrogens (tertiary/aromatic N) is 2. The number of sulfonamides is 1. The molecule has 0 radical (unpaired) electrons. The number of hydrogen-bond acceptors (Lipinski definition) is 6. The number of esters is 1. The highest BCUT2D eigenvalue weighted by molar-refractivity contribution is 7.89. The van der Waals surface area contributed by atoms with Crippen molar-refractivity contribution < 1.29 is 22.7 Å². The van der Waals surface area contributed by atoms with Crippen LogP contribution < -0.4 is 0 Å². The molecule has 7 nitrogen and oxygen atoms in total. The number of rotatable bonds is 8. The fourth-order valence-electron chi connectivity index (χ4n) is 3.08. The van der Waals surface area contributed by atoms with E-state index in [1.165, 1.54) is 28.6 Å². The molecule has 1 aliphatic heterocycles. The maximum absolute atomic E-state index is 13.3. The molecule has 3 rings (SSSR count). The highest BCUT2D eigenvalue weighted by Gasteiger charge is 2.29. The molecule has 8 heteroatoms. The number of carbonyl (C=O) groups is 1. The predicted octanol–water partition coefficient (Wildman–Crippen LogP) is 2.63. The van der Waals surface area contributed by atoms with E-state index in [4.69, 9.17) is 9.47 Å². The molecule has 150 valence electrons. The summed E-state index contributed by atoms with van der Waals surface area (Å²) in [4.78, 5) is 16.0. The molecule has 0 aliphatic carbocycles. The van der Waals surface area contributed by atoms with E-state index in [9.17, 15) is 13.2 Å². The zero-order valence-electron chi connectivity index (χ0n) is 15.8. The number of benzene rings is 1. The lowest BCUT2D eigenvalue weighted by molar-refractivity contribution is 0.0526. The molecule has 1 aromatic carbocycles. The quantitative estimate of drug-likeness (QED) is 0.629. The van der Waals surface area contributed by atoms with Gasteiger partial charge in [0.25, 0.3) is 0 Å². The molecule has 1 fully saturated rings. The molecule has 0 spiro atoms. The van der Waals surface area contributed by atoms with Crippen LogP contribution in [0, 0.1) is 0 Å². The van der Waals surface area contributed by atoms with Crippen molar-refractivity contribution in [2.75, 3.05) is 19.8 Å². The Morgan fingerprint density at radius 3 is 2.68 bits per heavy atom. The van der Waals surface area contributed by atoms with Gasteiger partial charge in [-0.1, -0.05) is 6.07 Å². The summed E-state index contributed by atoms with van der Waals surface area (Å²) in [6, 6.07) is 9.44. The summed E-state index contributed by atoms with van der Waals surface area (Å²) in [5, 5.41) is 0. The normalized spacial score (nSPS) is 17.0. The predicted molar refractivity (Wildman–Crippen MR) is 103 cm³/mol. The third-order valence-electron chi connectivity index (χ3n) is 4.52. The van der Waals surface area contributed by atoms with Crippen molar-refractivity contribution in [3.63, 3.8) is 0 Å². The Kier molecular flexibility index (Phi) is 6.77. The Balaban J connectivity index is 1.85. The standard InChI is InChI=1S/C20H24N2O5S/c1-2-26-20(23)17-7-9-19(10-8-17)28(24,25)22(15-18-6-4-12-27-18)14-16-5-3-11-21-13-16/h3,5,7-11,13,18H,2,4,6,12,14-15H2,1H3. The minimum absolute atomic E-state index is 0.120. The fraction of sp³-hybridized carbons (Fsp3) is 0.400. The summed E-state index contributed by atoms with van der Waals surface area (Å²) in [5.41, 5.74) is 1.12. The van der Waals surface area contributed by atoms with Gasteiger partial charge in [0.1, 0.15) is 0 Å². The summed E-state index contributed by atoms with van der Waals surface area (Å²) >= 11 is 0. The van der Waals surface area contributed by atoms with E-state index >= 15 is 0 Å². The van der Waals surface area contributed by atoms with Crippen molar-refractivity contribution in [1.29, 1.82) is 0 Å². The lowest BCUT2D eigenvalue weighted by Gasteiger charge is -2.25. The van der Waals surface area contributed by atoms with E-state index in [1.54, 1.807) is 25.4 Å². The third kappa shape index (κ3) is 4.95. The minimum atomic E-state index is -3.77. The van der Waals surface area contributed by atoms with E-state index in [2.05, 4.69) is 4.98 Å². The van der Waals surface area contributed by atoms with E-state index in [-0.39, 0.29) is 30.7 Å². The molecule has 0 amide bonds. The zero-order chi connectivity index (χ0) is 20.0. The second kappa shape index (κ2) is 9.27.